The van der Waals surface area contributed by atoms with Gasteiger partial charge in [-0.1, -0.05) is 19.1 Å². The highest BCUT2D eigenvalue weighted by Gasteiger charge is 2.29. The molecule has 0 aromatic heterocycles. The van der Waals surface area contributed by atoms with Crippen LogP contribution in [0.15, 0.2) is 34.2 Å². The Hall–Kier alpha value is -2.42. The molecule has 1 heterocycles. The standard InChI is InChI=1S/C16H21N3O5S/c1-3-11(2)18-14(20)10-24-15(21)8-9-17-16-12-6-4-5-7-13(12)25(22,23)19-16/h4-7,11H,3,8-10H2,1-2H3,(H,17,19)(H,18,20). The molecule has 0 fully saturated rings. The van der Waals surface area contributed by atoms with Crippen LogP contribution in [0.25, 0.3) is 0 Å². The van der Waals surface area contributed by atoms with Crippen molar-refractivity contribution in [2.75, 3.05) is 13.2 Å². The fourth-order valence-electron chi connectivity index (χ4n) is 2.15. The quantitative estimate of drug-likeness (QED) is 0.684. The van der Waals surface area contributed by atoms with E-state index in [4.69, 9.17) is 4.74 Å². The summed E-state index contributed by atoms with van der Waals surface area (Å²) in [4.78, 5) is 27.4. The van der Waals surface area contributed by atoms with Gasteiger partial charge in [-0.05, 0) is 25.5 Å². The second-order valence-corrected chi connectivity index (χ2v) is 7.27. The van der Waals surface area contributed by atoms with Crippen molar-refractivity contribution in [2.24, 2.45) is 4.99 Å². The van der Waals surface area contributed by atoms with Gasteiger partial charge in [0.15, 0.2) is 6.61 Å². The molecule has 0 aliphatic carbocycles. The largest absolute Gasteiger partial charge is 0.456 e. The minimum atomic E-state index is -3.59. The molecule has 1 aliphatic heterocycles. The first kappa shape index (κ1) is 18.9. The smallest absolute Gasteiger partial charge is 0.308 e. The second kappa shape index (κ2) is 8.11. The molecule has 1 aromatic rings. The lowest BCUT2D eigenvalue weighted by molar-refractivity contribution is -0.148. The Morgan fingerprint density at radius 1 is 1.32 bits per heavy atom. The van der Waals surface area contributed by atoms with Crippen LogP contribution in [0.3, 0.4) is 0 Å². The summed E-state index contributed by atoms with van der Waals surface area (Å²) in [6.45, 7) is 3.51. The lowest BCUT2D eigenvalue weighted by Gasteiger charge is -2.11. The average Bonchev–Trinajstić information content (AvgIpc) is 2.84. The molecule has 0 saturated carbocycles. The number of nitrogens with one attached hydrogen (secondary N) is 2. The Labute approximate surface area is 146 Å². The predicted molar refractivity (Wildman–Crippen MR) is 91.6 cm³/mol. The highest BCUT2D eigenvalue weighted by molar-refractivity contribution is 7.90. The van der Waals surface area contributed by atoms with Crippen LogP contribution < -0.4 is 10.0 Å². The second-order valence-electron chi connectivity index (χ2n) is 5.62. The number of aliphatic imine (C=N–C) groups is 1. The number of amidine groups is 1. The lowest BCUT2D eigenvalue weighted by Crippen LogP contribution is -2.35. The third kappa shape index (κ3) is 5.02. The molecule has 0 bridgehead atoms. The summed E-state index contributed by atoms with van der Waals surface area (Å²) in [7, 11) is -3.59. The minimum Gasteiger partial charge on any atom is -0.456 e. The van der Waals surface area contributed by atoms with Gasteiger partial charge >= 0.3 is 5.97 Å². The summed E-state index contributed by atoms with van der Waals surface area (Å²) in [6, 6.07) is 6.49. The van der Waals surface area contributed by atoms with Crippen LogP contribution in [0.5, 0.6) is 0 Å². The van der Waals surface area contributed by atoms with Crippen molar-refractivity contribution >= 4 is 27.7 Å². The zero-order valence-corrected chi connectivity index (χ0v) is 14.9. The summed E-state index contributed by atoms with van der Waals surface area (Å²) < 4.78 is 31.1. The highest BCUT2D eigenvalue weighted by atomic mass is 32.2. The number of esters is 1. The minimum absolute atomic E-state index is 0.0214. The molecule has 0 spiro atoms. The molecular formula is C16H21N3O5S. The first-order valence-corrected chi connectivity index (χ1v) is 9.43. The monoisotopic (exact) mass is 367 g/mol. The summed E-state index contributed by atoms with van der Waals surface area (Å²) in [5.41, 5.74) is 0.476. The van der Waals surface area contributed by atoms with Crippen LogP contribution in [-0.4, -0.2) is 45.3 Å². The molecule has 25 heavy (non-hydrogen) atoms. The number of hydrogen-bond donors (Lipinski definition) is 2. The summed E-state index contributed by atoms with van der Waals surface area (Å²) in [5.74, 6) is -0.720. The number of fused-ring (bicyclic) bond motifs is 1. The molecule has 136 valence electrons. The highest BCUT2D eigenvalue weighted by Crippen LogP contribution is 2.22. The molecule has 1 amide bonds. The van der Waals surface area contributed by atoms with Crippen LogP contribution in [0.2, 0.25) is 0 Å². The molecule has 0 saturated heterocycles. The van der Waals surface area contributed by atoms with E-state index in [0.717, 1.165) is 6.42 Å². The van der Waals surface area contributed by atoms with Crippen molar-refractivity contribution in [1.29, 1.82) is 0 Å². The normalized spacial score (nSPS) is 17.4. The molecule has 1 atom stereocenters. The van der Waals surface area contributed by atoms with Crippen LogP contribution in [0, 0.1) is 0 Å². The van der Waals surface area contributed by atoms with Gasteiger partial charge < -0.3 is 10.1 Å². The summed E-state index contributed by atoms with van der Waals surface area (Å²) in [6.07, 6.45) is 0.735. The number of ether oxygens (including phenoxy) is 1. The molecule has 0 radical (unpaired) electrons. The van der Waals surface area contributed by atoms with Crippen LogP contribution in [0.4, 0.5) is 0 Å². The van der Waals surface area contributed by atoms with Crippen LogP contribution in [-0.2, 0) is 24.3 Å². The number of sulfonamides is 1. The molecule has 1 unspecified atom stereocenters. The SMILES string of the molecule is CCC(C)NC(=O)COC(=O)CCN=C1NS(=O)(=O)c2ccccc21. The zero-order chi connectivity index (χ0) is 18.4. The van der Waals surface area contributed by atoms with Gasteiger partial charge in [0.05, 0.1) is 17.9 Å². The number of benzene rings is 1. The van der Waals surface area contributed by atoms with E-state index in [-0.39, 0.29) is 42.3 Å². The molecule has 8 nitrogen and oxygen atoms in total. The van der Waals surface area contributed by atoms with Crippen molar-refractivity contribution < 1.29 is 22.7 Å². The third-order valence-electron chi connectivity index (χ3n) is 3.63. The number of rotatable bonds is 7. The van der Waals surface area contributed by atoms with E-state index in [1.54, 1.807) is 18.2 Å². The van der Waals surface area contributed by atoms with E-state index < -0.39 is 16.0 Å². The number of carbonyl (C=O) groups is 2. The number of amides is 1. The zero-order valence-electron chi connectivity index (χ0n) is 14.1. The third-order valence-corrected chi connectivity index (χ3v) is 5.03. The van der Waals surface area contributed by atoms with E-state index in [9.17, 15) is 18.0 Å². The van der Waals surface area contributed by atoms with E-state index in [1.807, 2.05) is 13.8 Å². The summed E-state index contributed by atoms with van der Waals surface area (Å²) >= 11 is 0. The lowest BCUT2D eigenvalue weighted by atomic mass is 10.2. The Morgan fingerprint density at radius 3 is 2.76 bits per heavy atom. The van der Waals surface area contributed by atoms with Gasteiger partial charge in [0.1, 0.15) is 5.84 Å². The Kier molecular flexibility index (Phi) is 6.13. The molecule has 9 heteroatoms. The number of hydrogen-bond acceptors (Lipinski definition) is 6. The van der Waals surface area contributed by atoms with Crippen molar-refractivity contribution in [3.63, 3.8) is 0 Å². The van der Waals surface area contributed by atoms with Gasteiger partial charge in [0.2, 0.25) is 0 Å². The van der Waals surface area contributed by atoms with E-state index >= 15 is 0 Å². The summed E-state index contributed by atoms with van der Waals surface area (Å²) in [5, 5.41) is 2.69. The maximum absolute atomic E-state index is 11.9. The van der Waals surface area contributed by atoms with E-state index in [2.05, 4.69) is 15.0 Å². The van der Waals surface area contributed by atoms with Gasteiger partial charge in [0, 0.05) is 11.6 Å². The van der Waals surface area contributed by atoms with Crippen molar-refractivity contribution in [3.05, 3.63) is 29.8 Å². The van der Waals surface area contributed by atoms with Gasteiger partial charge in [-0.3, -0.25) is 19.3 Å². The average molecular weight is 367 g/mol. The Balaban J connectivity index is 1.84. The fourth-order valence-corrected chi connectivity index (χ4v) is 3.40. The van der Waals surface area contributed by atoms with E-state index in [0.29, 0.717) is 5.56 Å². The van der Waals surface area contributed by atoms with Crippen molar-refractivity contribution in [3.8, 4) is 0 Å². The van der Waals surface area contributed by atoms with Crippen LogP contribution >= 0.6 is 0 Å². The van der Waals surface area contributed by atoms with Crippen molar-refractivity contribution in [1.82, 2.24) is 10.0 Å². The molecule has 2 rings (SSSR count). The van der Waals surface area contributed by atoms with Crippen LogP contribution in [0.1, 0.15) is 32.3 Å². The predicted octanol–water partition coefficient (Wildman–Crippen LogP) is 0.573. The first-order valence-electron chi connectivity index (χ1n) is 7.95. The fraction of sp³-hybridized carbons (Fsp3) is 0.438. The van der Waals surface area contributed by atoms with Gasteiger partial charge in [-0.2, -0.15) is 0 Å². The topological polar surface area (TPSA) is 114 Å². The van der Waals surface area contributed by atoms with Crippen molar-refractivity contribution in [2.45, 2.75) is 37.6 Å². The van der Waals surface area contributed by atoms with E-state index in [1.165, 1.54) is 6.07 Å². The molecule has 1 aromatic carbocycles. The molecule has 1 aliphatic rings. The Morgan fingerprint density at radius 2 is 2.04 bits per heavy atom. The first-order chi connectivity index (χ1) is 11.8. The maximum Gasteiger partial charge on any atom is 0.308 e. The molecule has 2 N–H and O–H groups in total. The van der Waals surface area contributed by atoms with Gasteiger partial charge in [0.25, 0.3) is 15.9 Å². The van der Waals surface area contributed by atoms with Gasteiger partial charge in [-0.25, -0.2) is 8.42 Å². The number of nitrogens with zero attached hydrogens (tertiary/aromatic N) is 1. The van der Waals surface area contributed by atoms with Gasteiger partial charge in [-0.15, -0.1) is 0 Å². The number of carbonyl (C=O) groups excluding carboxylic acids is 2. The Bertz CT molecular complexity index is 789. The molecular weight excluding hydrogens is 346 g/mol. The maximum atomic E-state index is 11.9.